The highest BCUT2D eigenvalue weighted by molar-refractivity contribution is 6.01. The molecular formula is C22H29FN4O3. The van der Waals surface area contributed by atoms with E-state index < -0.39 is 17.0 Å². The highest BCUT2D eigenvalue weighted by Gasteiger charge is 2.26. The molecule has 0 saturated heterocycles. The second kappa shape index (κ2) is 9.84. The number of aromatic amines is 1. The van der Waals surface area contributed by atoms with Crippen molar-refractivity contribution in [2.45, 2.75) is 64.6 Å². The van der Waals surface area contributed by atoms with Gasteiger partial charge in [-0.1, -0.05) is 38.3 Å². The number of Topliss-reactive ketones (excluding diaryl/α,β-unsaturated/α-hetero) is 1. The summed E-state index contributed by atoms with van der Waals surface area (Å²) in [7, 11) is 0. The average molecular weight is 416 g/mol. The van der Waals surface area contributed by atoms with Crippen LogP contribution in [0.5, 0.6) is 0 Å². The fraction of sp³-hybridized carbons (Fsp3) is 0.500. The molecule has 0 radical (unpaired) electrons. The maximum Gasteiger partial charge on any atom is 0.329 e. The molecule has 1 aromatic carbocycles. The van der Waals surface area contributed by atoms with Gasteiger partial charge < -0.3 is 5.73 Å². The number of nitrogens with two attached hydrogens (primary N) is 1. The topological polar surface area (TPSA) is 101 Å². The molecule has 0 amide bonds. The van der Waals surface area contributed by atoms with Gasteiger partial charge in [0.05, 0.1) is 6.54 Å². The molecule has 1 heterocycles. The zero-order valence-electron chi connectivity index (χ0n) is 17.3. The molecule has 0 bridgehead atoms. The van der Waals surface area contributed by atoms with Crippen LogP contribution in [-0.2, 0) is 13.1 Å². The third-order valence-corrected chi connectivity index (χ3v) is 5.70. The summed E-state index contributed by atoms with van der Waals surface area (Å²) in [5.74, 6) is -0.802. The number of benzene rings is 1. The van der Waals surface area contributed by atoms with Gasteiger partial charge in [-0.2, -0.15) is 0 Å². The number of H-pyrrole nitrogens is 1. The molecule has 30 heavy (non-hydrogen) atoms. The van der Waals surface area contributed by atoms with Gasteiger partial charge in [0.2, 0.25) is 0 Å². The molecule has 1 aliphatic rings. The first kappa shape index (κ1) is 22.0. The van der Waals surface area contributed by atoms with Gasteiger partial charge in [0.15, 0.2) is 5.78 Å². The van der Waals surface area contributed by atoms with Crippen molar-refractivity contribution in [3.05, 3.63) is 62.0 Å². The Balaban J connectivity index is 1.89. The lowest BCUT2D eigenvalue weighted by Crippen LogP contribution is -2.42. The van der Waals surface area contributed by atoms with Crippen LogP contribution in [-0.4, -0.2) is 32.8 Å². The van der Waals surface area contributed by atoms with E-state index in [1.165, 1.54) is 23.1 Å². The van der Waals surface area contributed by atoms with Crippen LogP contribution in [0.2, 0.25) is 0 Å². The fourth-order valence-corrected chi connectivity index (χ4v) is 4.15. The molecule has 162 valence electrons. The third kappa shape index (κ3) is 5.05. The first-order valence-electron chi connectivity index (χ1n) is 10.5. The molecule has 1 saturated carbocycles. The number of rotatable bonds is 8. The van der Waals surface area contributed by atoms with E-state index in [0.29, 0.717) is 19.5 Å². The van der Waals surface area contributed by atoms with E-state index in [9.17, 15) is 18.8 Å². The van der Waals surface area contributed by atoms with Gasteiger partial charge in [0.25, 0.3) is 5.56 Å². The fourth-order valence-electron chi connectivity index (χ4n) is 4.15. The molecule has 0 aliphatic heterocycles. The minimum absolute atomic E-state index is 0.0135. The lowest BCUT2D eigenvalue weighted by molar-refractivity contribution is 0.0843. The molecule has 3 rings (SSSR count). The number of carbonyl (C=O) groups is 1. The van der Waals surface area contributed by atoms with Crippen molar-refractivity contribution in [2.75, 3.05) is 12.3 Å². The van der Waals surface area contributed by atoms with Crippen LogP contribution in [0.25, 0.3) is 0 Å². The van der Waals surface area contributed by atoms with Crippen LogP contribution in [0.3, 0.4) is 0 Å². The SMILES string of the molecule is CCCn1c(N)c(C(=O)CN(Cc2ccc(F)cc2)C2CCCCC2)c(=O)[nH]c1=O. The van der Waals surface area contributed by atoms with Crippen LogP contribution < -0.4 is 17.0 Å². The maximum absolute atomic E-state index is 13.3. The summed E-state index contributed by atoms with van der Waals surface area (Å²) in [6.07, 6.45) is 5.92. The summed E-state index contributed by atoms with van der Waals surface area (Å²) in [6.45, 7) is 2.69. The summed E-state index contributed by atoms with van der Waals surface area (Å²) >= 11 is 0. The number of ketones is 1. The number of nitrogens with one attached hydrogen (secondary N) is 1. The Hall–Kier alpha value is -2.74. The highest BCUT2D eigenvalue weighted by atomic mass is 19.1. The highest BCUT2D eigenvalue weighted by Crippen LogP contribution is 2.24. The number of nitrogens with zero attached hydrogens (tertiary/aromatic N) is 2. The second-order valence-electron chi connectivity index (χ2n) is 7.92. The smallest absolute Gasteiger partial charge is 0.329 e. The average Bonchev–Trinajstić information content (AvgIpc) is 2.72. The number of hydrogen-bond acceptors (Lipinski definition) is 5. The predicted molar refractivity (Wildman–Crippen MR) is 114 cm³/mol. The maximum atomic E-state index is 13.3. The van der Waals surface area contributed by atoms with Crippen molar-refractivity contribution in [1.29, 1.82) is 0 Å². The Morgan fingerprint density at radius 1 is 1.20 bits per heavy atom. The zero-order valence-corrected chi connectivity index (χ0v) is 17.3. The molecule has 7 nitrogen and oxygen atoms in total. The number of carbonyl (C=O) groups excluding carboxylic acids is 1. The lowest BCUT2D eigenvalue weighted by Gasteiger charge is -2.34. The van der Waals surface area contributed by atoms with Gasteiger partial charge in [-0.25, -0.2) is 9.18 Å². The molecule has 1 aromatic heterocycles. The van der Waals surface area contributed by atoms with Crippen molar-refractivity contribution in [2.24, 2.45) is 0 Å². The number of halogens is 1. The van der Waals surface area contributed by atoms with E-state index in [4.69, 9.17) is 5.73 Å². The van der Waals surface area contributed by atoms with E-state index in [1.807, 2.05) is 11.8 Å². The molecule has 2 aromatic rings. The molecule has 0 atom stereocenters. The molecule has 3 N–H and O–H groups in total. The second-order valence-corrected chi connectivity index (χ2v) is 7.92. The van der Waals surface area contributed by atoms with Gasteiger partial charge in [0, 0.05) is 19.1 Å². The third-order valence-electron chi connectivity index (χ3n) is 5.70. The van der Waals surface area contributed by atoms with Crippen LogP contribution in [0.4, 0.5) is 10.2 Å². The number of aromatic nitrogens is 2. The van der Waals surface area contributed by atoms with Gasteiger partial charge in [0.1, 0.15) is 17.2 Å². The van der Waals surface area contributed by atoms with E-state index in [1.54, 1.807) is 12.1 Å². The van der Waals surface area contributed by atoms with E-state index in [0.717, 1.165) is 31.2 Å². The quantitative estimate of drug-likeness (QED) is 0.645. The van der Waals surface area contributed by atoms with Crippen molar-refractivity contribution in [3.63, 3.8) is 0 Å². The summed E-state index contributed by atoms with van der Waals surface area (Å²) in [6, 6.07) is 6.42. The lowest BCUT2D eigenvalue weighted by atomic mass is 9.93. The molecular weight excluding hydrogens is 387 g/mol. The summed E-state index contributed by atoms with van der Waals surface area (Å²) < 4.78 is 14.5. The Morgan fingerprint density at radius 2 is 1.87 bits per heavy atom. The minimum atomic E-state index is -0.750. The zero-order chi connectivity index (χ0) is 21.7. The predicted octanol–water partition coefficient (Wildman–Crippen LogP) is 2.69. The first-order valence-corrected chi connectivity index (χ1v) is 10.5. The molecule has 0 unspecified atom stereocenters. The van der Waals surface area contributed by atoms with E-state index >= 15 is 0 Å². The number of anilines is 1. The monoisotopic (exact) mass is 416 g/mol. The number of nitrogen functional groups attached to an aromatic ring is 1. The Morgan fingerprint density at radius 3 is 2.50 bits per heavy atom. The van der Waals surface area contributed by atoms with Crippen LogP contribution in [0.15, 0.2) is 33.9 Å². The first-order chi connectivity index (χ1) is 14.4. The van der Waals surface area contributed by atoms with Gasteiger partial charge in [-0.05, 0) is 37.0 Å². The van der Waals surface area contributed by atoms with Crippen LogP contribution in [0.1, 0.15) is 61.4 Å². The van der Waals surface area contributed by atoms with Crippen LogP contribution >= 0.6 is 0 Å². The molecule has 1 fully saturated rings. The molecule has 8 heteroatoms. The Bertz CT molecular complexity index is 991. The minimum Gasteiger partial charge on any atom is -0.384 e. The summed E-state index contributed by atoms with van der Waals surface area (Å²) in [4.78, 5) is 41.8. The van der Waals surface area contributed by atoms with Crippen molar-refractivity contribution < 1.29 is 9.18 Å². The Labute approximate surface area is 174 Å². The van der Waals surface area contributed by atoms with Gasteiger partial charge in [-0.15, -0.1) is 0 Å². The Kier molecular flexibility index (Phi) is 7.20. The standard InChI is InChI=1S/C22H29FN4O3/c1-2-12-27-20(24)19(21(29)25-22(27)30)18(28)14-26(17-6-4-3-5-7-17)13-15-8-10-16(23)11-9-15/h8-11,17H,2-7,12-14,24H2,1H3,(H,25,29,30). The number of hydrogen-bond donors (Lipinski definition) is 2. The van der Waals surface area contributed by atoms with Crippen LogP contribution in [0, 0.1) is 5.82 Å². The van der Waals surface area contributed by atoms with Gasteiger partial charge in [-0.3, -0.25) is 24.0 Å². The van der Waals surface area contributed by atoms with Gasteiger partial charge >= 0.3 is 5.69 Å². The largest absolute Gasteiger partial charge is 0.384 e. The van der Waals surface area contributed by atoms with E-state index in [-0.39, 0.29) is 29.8 Å². The van der Waals surface area contributed by atoms with Crippen molar-refractivity contribution in [3.8, 4) is 0 Å². The van der Waals surface area contributed by atoms with E-state index in [2.05, 4.69) is 4.98 Å². The summed E-state index contributed by atoms with van der Waals surface area (Å²) in [5, 5.41) is 0. The normalized spacial score (nSPS) is 14.9. The molecule has 1 aliphatic carbocycles. The summed E-state index contributed by atoms with van der Waals surface area (Å²) in [5.41, 5.74) is 5.43. The molecule has 0 spiro atoms. The van der Waals surface area contributed by atoms with Crippen molar-refractivity contribution >= 4 is 11.6 Å². The van der Waals surface area contributed by atoms with Crippen molar-refractivity contribution in [1.82, 2.24) is 14.5 Å².